The molecule has 5 nitrogen and oxygen atoms in total. The van der Waals surface area contributed by atoms with E-state index in [4.69, 9.17) is 10.9 Å². The summed E-state index contributed by atoms with van der Waals surface area (Å²) in [5, 5.41) is 14.5. The summed E-state index contributed by atoms with van der Waals surface area (Å²) in [4.78, 5) is 12.2. The van der Waals surface area contributed by atoms with E-state index in [1.54, 1.807) is 0 Å². The van der Waals surface area contributed by atoms with E-state index in [2.05, 4.69) is 10.5 Å². The number of hydrogen-bond acceptors (Lipinski definition) is 3. The van der Waals surface area contributed by atoms with E-state index < -0.39 is 5.92 Å². The Balaban J connectivity index is 2.97. The predicted molar refractivity (Wildman–Crippen MR) is 76.3 cm³/mol. The number of rotatable bonds is 4. The van der Waals surface area contributed by atoms with E-state index in [0.29, 0.717) is 0 Å². The molecule has 1 unspecified atom stereocenters. The molecule has 1 amide bonds. The molecular weight excluding hydrogens is 242 g/mol. The number of oxime groups is 1. The molecule has 4 N–H and O–H groups in total. The molecule has 0 bridgehead atoms. The molecule has 19 heavy (non-hydrogen) atoms. The number of carbonyl (C=O) groups is 1. The standard InChI is InChI=1S/C14H21N3O2/c1-8(2)12(13(15)17-19)14(18)16-11-7-5-6-9(3)10(11)4/h5-8,12,19H,1-4H3,(H2,15,17)(H,16,18). The van der Waals surface area contributed by atoms with E-state index in [0.717, 1.165) is 16.8 Å². The van der Waals surface area contributed by atoms with Gasteiger partial charge >= 0.3 is 0 Å². The van der Waals surface area contributed by atoms with Crippen LogP contribution in [0, 0.1) is 25.7 Å². The van der Waals surface area contributed by atoms with E-state index in [1.807, 2.05) is 45.9 Å². The first-order chi connectivity index (χ1) is 8.88. The molecular formula is C14H21N3O2. The fraction of sp³-hybridized carbons (Fsp3) is 0.429. The quantitative estimate of drug-likeness (QED) is 0.337. The Morgan fingerprint density at radius 3 is 2.53 bits per heavy atom. The van der Waals surface area contributed by atoms with E-state index in [1.165, 1.54) is 0 Å². The predicted octanol–water partition coefficient (Wildman–Crippen LogP) is 2.26. The number of aryl methyl sites for hydroxylation is 1. The number of amides is 1. The maximum atomic E-state index is 12.2. The minimum Gasteiger partial charge on any atom is -0.409 e. The van der Waals surface area contributed by atoms with Gasteiger partial charge in [-0.05, 0) is 37.0 Å². The molecule has 0 spiro atoms. The molecule has 0 radical (unpaired) electrons. The Bertz CT molecular complexity index is 495. The van der Waals surface area contributed by atoms with Crippen LogP contribution in [0.4, 0.5) is 5.69 Å². The lowest BCUT2D eigenvalue weighted by Crippen LogP contribution is -2.38. The van der Waals surface area contributed by atoms with E-state index in [9.17, 15) is 4.79 Å². The summed E-state index contributed by atoms with van der Waals surface area (Å²) in [6.07, 6.45) is 0. The maximum Gasteiger partial charge on any atom is 0.235 e. The lowest BCUT2D eigenvalue weighted by atomic mass is 9.93. The average Bonchev–Trinajstić information content (AvgIpc) is 2.34. The molecule has 0 aliphatic rings. The van der Waals surface area contributed by atoms with Gasteiger partial charge in [0.25, 0.3) is 0 Å². The molecule has 1 rings (SSSR count). The van der Waals surface area contributed by atoms with Gasteiger partial charge in [0.2, 0.25) is 5.91 Å². The zero-order valence-corrected chi connectivity index (χ0v) is 11.8. The van der Waals surface area contributed by atoms with Crippen molar-refractivity contribution in [2.45, 2.75) is 27.7 Å². The van der Waals surface area contributed by atoms with Gasteiger partial charge in [0.1, 0.15) is 5.92 Å². The minimum absolute atomic E-state index is 0.0546. The van der Waals surface area contributed by atoms with Crippen LogP contribution < -0.4 is 11.1 Å². The molecule has 0 saturated heterocycles. The molecule has 104 valence electrons. The average molecular weight is 263 g/mol. The monoisotopic (exact) mass is 263 g/mol. The van der Waals surface area contributed by atoms with Gasteiger partial charge in [-0.25, -0.2) is 0 Å². The largest absolute Gasteiger partial charge is 0.409 e. The second-order valence-corrected chi connectivity index (χ2v) is 4.98. The topological polar surface area (TPSA) is 87.7 Å². The first-order valence-electron chi connectivity index (χ1n) is 6.23. The van der Waals surface area contributed by atoms with Crippen LogP contribution in [-0.2, 0) is 4.79 Å². The summed E-state index contributed by atoms with van der Waals surface area (Å²) in [5.74, 6) is -1.04. The van der Waals surface area contributed by atoms with Gasteiger partial charge in [-0.2, -0.15) is 0 Å². The SMILES string of the molecule is Cc1cccc(NC(=O)C(C(N)=NO)C(C)C)c1C. The number of carbonyl (C=O) groups excluding carboxylic acids is 1. The van der Waals surface area contributed by atoms with Crippen LogP contribution in [0.25, 0.3) is 0 Å². The number of anilines is 1. The van der Waals surface area contributed by atoms with Crippen LogP contribution in [0.5, 0.6) is 0 Å². The molecule has 0 saturated carbocycles. The summed E-state index contributed by atoms with van der Waals surface area (Å²) in [6.45, 7) is 7.63. The van der Waals surface area contributed by atoms with Crippen molar-refractivity contribution in [2.75, 3.05) is 5.32 Å². The summed E-state index contributed by atoms with van der Waals surface area (Å²) in [7, 11) is 0. The molecule has 1 aromatic rings. The fourth-order valence-corrected chi connectivity index (χ4v) is 1.94. The number of nitrogens with zero attached hydrogens (tertiary/aromatic N) is 1. The van der Waals surface area contributed by atoms with Gasteiger partial charge in [-0.15, -0.1) is 0 Å². The Labute approximate surface area is 113 Å². The lowest BCUT2D eigenvalue weighted by Gasteiger charge is -2.19. The summed E-state index contributed by atoms with van der Waals surface area (Å²) in [5.41, 5.74) is 8.44. The smallest absolute Gasteiger partial charge is 0.235 e. The van der Waals surface area contributed by atoms with Crippen molar-refractivity contribution in [1.29, 1.82) is 0 Å². The van der Waals surface area contributed by atoms with Crippen molar-refractivity contribution in [3.8, 4) is 0 Å². The van der Waals surface area contributed by atoms with Gasteiger partial charge in [0.15, 0.2) is 5.84 Å². The van der Waals surface area contributed by atoms with Crippen LogP contribution in [-0.4, -0.2) is 17.0 Å². The van der Waals surface area contributed by atoms with Crippen LogP contribution in [0.15, 0.2) is 23.4 Å². The third kappa shape index (κ3) is 3.47. The summed E-state index contributed by atoms with van der Waals surface area (Å²) >= 11 is 0. The second-order valence-electron chi connectivity index (χ2n) is 4.98. The molecule has 0 fully saturated rings. The molecule has 0 aromatic heterocycles. The summed E-state index contributed by atoms with van der Waals surface area (Å²) in [6, 6.07) is 5.70. The van der Waals surface area contributed by atoms with Gasteiger partial charge in [-0.3, -0.25) is 4.79 Å². The minimum atomic E-state index is -0.648. The van der Waals surface area contributed by atoms with Crippen LogP contribution in [0.1, 0.15) is 25.0 Å². The normalized spacial score (nSPS) is 13.4. The van der Waals surface area contributed by atoms with Crippen LogP contribution in [0.3, 0.4) is 0 Å². The first-order valence-corrected chi connectivity index (χ1v) is 6.23. The fourth-order valence-electron chi connectivity index (χ4n) is 1.94. The highest BCUT2D eigenvalue weighted by Crippen LogP contribution is 2.20. The highest BCUT2D eigenvalue weighted by molar-refractivity contribution is 6.08. The zero-order chi connectivity index (χ0) is 14.6. The van der Waals surface area contributed by atoms with Gasteiger partial charge < -0.3 is 16.3 Å². The molecule has 0 heterocycles. The van der Waals surface area contributed by atoms with E-state index in [-0.39, 0.29) is 17.7 Å². The Kier molecular flexibility index (Phi) is 4.92. The zero-order valence-electron chi connectivity index (χ0n) is 11.8. The summed E-state index contributed by atoms with van der Waals surface area (Å²) < 4.78 is 0. The Morgan fingerprint density at radius 2 is 2.00 bits per heavy atom. The van der Waals surface area contributed by atoms with Crippen molar-refractivity contribution >= 4 is 17.4 Å². The van der Waals surface area contributed by atoms with Gasteiger partial charge in [0, 0.05) is 5.69 Å². The Morgan fingerprint density at radius 1 is 1.37 bits per heavy atom. The van der Waals surface area contributed by atoms with Gasteiger partial charge in [0.05, 0.1) is 0 Å². The van der Waals surface area contributed by atoms with Crippen molar-refractivity contribution in [3.05, 3.63) is 29.3 Å². The maximum absolute atomic E-state index is 12.2. The third-order valence-electron chi connectivity index (χ3n) is 3.25. The number of nitrogens with two attached hydrogens (primary N) is 1. The van der Waals surface area contributed by atoms with Crippen molar-refractivity contribution in [1.82, 2.24) is 0 Å². The number of benzene rings is 1. The number of amidine groups is 1. The lowest BCUT2D eigenvalue weighted by molar-refractivity contribution is -0.119. The molecule has 1 aromatic carbocycles. The molecule has 5 heteroatoms. The Hall–Kier alpha value is -2.04. The van der Waals surface area contributed by atoms with Gasteiger partial charge in [-0.1, -0.05) is 31.1 Å². The number of nitrogens with one attached hydrogen (secondary N) is 1. The van der Waals surface area contributed by atoms with Crippen molar-refractivity contribution in [3.63, 3.8) is 0 Å². The third-order valence-corrected chi connectivity index (χ3v) is 3.25. The first kappa shape index (κ1) is 15.0. The van der Waals surface area contributed by atoms with Crippen LogP contribution in [0.2, 0.25) is 0 Å². The highest BCUT2D eigenvalue weighted by Gasteiger charge is 2.27. The van der Waals surface area contributed by atoms with Crippen molar-refractivity contribution < 1.29 is 10.0 Å². The van der Waals surface area contributed by atoms with Crippen molar-refractivity contribution in [2.24, 2.45) is 22.7 Å². The number of hydrogen-bond donors (Lipinski definition) is 3. The molecule has 0 aliphatic carbocycles. The van der Waals surface area contributed by atoms with Crippen LogP contribution >= 0.6 is 0 Å². The highest BCUT2D eigenvalue weighted by atomic mass is 16.4. The van der Waals surface area contributed by atoms with E-state index >= 15 is 0 Å². The second kappa shape index (κ2) is 6.22. The molecule has 0 aliphatic heterocycles. The molecule has 1 atom stereocenters.